The van der Waals surface area contributed by atoms with Crippen molar-refractivity contribution in [2.75, 3.05) is 0 Å². The summed E-state index contributed by atoms with van der Waals surface area (Å²) in [6, 6.07) is 8.27. The first-order chi connectivity index (χ1) is 17.5. The zero-order valence-corrected chi connectivity index (χ0v) is 21.4. The number of nitrogens with one attached hydrogen (secondary N) is 1. The SMILES string of the molecule is CC1(C)C=C(c2ccn3cc(-c4c(O)cc(-c5ccn(C6CC6)c(=O)c5)cc4F)nc3n2)CC(C)(C)N1. The van der Waals surface area contributed by atoms with Gasteiger partial charge in [0, 0.05) is 41.8 Å². The fraction of sp³-hybridized carbons (Fsp3) is 0.345. The molecule has 8 heteroatoms. The monoisotopic (exact) mass is 499 g/mol. The number of benzene rings is 1. The Balaban J connectivity index is 1.35. The van der Waals surface area contributed by atoms with Crippen molar-refractivity contribution in [3.63, 3.8) is 0 Å². The molecule has 7 nitrogen and oxygen atoms in total. The Kier molecular flexibility index (Phi) is 5.18. The Bertz CT molecular complexity index is 1620. The summed E-state index contributed by atoms with van der Waals surface area (Å²) in [7, 11) is 0. The summed E-state index contributed by atoms with van der Waals surface area (Å²) in [6.07, 6.45) is 10.3. The second kappa shape index (κ2) is 8.11. The molecule has 6 rings (SSSR count). The predicted octanol–water partition coefficient (Wildman–Crippen LogP) is 5.34. The number of aromatic hydroxyl groups is 1. The minimum atomic E-state index is -0.616. The van der Waals surface area contributed by atoms with Gasteiger partial charge < -0.3 is 15.0 Å². The molecule has 0 unspecified atom stereocenters. The van der Waals surface area contributed by atoms with Crippen LogP contribution in [0.1, 0.15) is 58.7 Å². The third-order valence-electron chi connectivity index (χ3n) is 7.03. The number of hydrogen-bond donors (Lipinski definition) is 2. The van der Waals surface area contributed by atoms with Gasteiger partial charge in [0.05, 0.1) is 17.0 Å². The first kappa shape index (κ1) is 23.6. The molecule has 1 aliphatic carbocycles. The Labute approximate surface area is 214 Å². The van der Waals surface area contributed by atoms with Gasteiger partial charge in [-0.1, -0.05) is 6.08 Å². The highest BCUT2D eigenvalue weighted by Gasteiger charge is 2.33. The van der Waals surface area contributed by atoms with E-state index in [-0.39, 0.29) is 39.7 Å². The number of fused-ring (bicyclic) bond motifs is 1. The molecule has 1 fully saturated rings. The molecule has 0 atom stereocenters. The topological polar surface area (TPSA) is 84.5 Å². The van der Waals surface area contributed by atoms with Gasteiger partial charge in [0.15, 0.2) is 0 Å². The van der Waals surface area contributed by atoms with Crippen LogP contribution < -0.4 is 10.9 Å². The number of imidazole rings is 1. The van der Waals surface area contributed by atoms with Crippen molar-refractivity contribution in [3.8, 4) is 28.1 Å². The van der Waals surface area contributed by atoms with Crippen LogP contribution in [0.25, 0.3) is 33.7 Å². The number of phenols is 1. The Morgan fingerprint density at radius 3 is 2.46 bits per heavy atom. The Morgan fingerprint density at radius 2 is 1.78 bits per heavy atom. The van der Waals surface area contributed by atoms with Crippen molar-refractivity contribution in [3.05, 3.63) is 76.9 Å². The van der Waals surface area contributed by atoms with Gasteiger partial charge in [-0.05, 0) is 87.9 Å². The van der Waals surface area contributed by atoms with E-state index in [4.69, 9.17) is 4.98 Å². The lowest BCUT2D eigenvalue weighted by molar-refractivity contribution is 0.297. The molecule has 1 aromatic carbocycles. The number of nitrogens with zero attached hydrogens (tertiary/aromatic N) is 4. The number of halogens is 1. The molecular weight excluding hydrogens is 469 g/mol. The van der Waals surface area contributed by atoms with Crippen LogP contribution in [-0.4, -0.2) is 35.1 Å². The van der Waals surface area contributed by atoms with Gasteiger partial charge >= 0.3 is 0 Å². The minimum absolute atomic E-state index is 0.00507. The van der Waals surface area contributed by atoms with E-state index in [0.29, 0.717) is 16.9 Å². The summed E-state index contributed by atoms with van der Waals surface area (Å²) in [6.45, 7) is 8.60. The third kappa shape index (κ3) is 4.46. The summed E-state index contributed by atoms with van der Waals surface area (Å²) >= 11 is 0. The van der Waals surface area contributed by atoms with E-state index in [9.17, 15) is 9.90 Å². The third-order valence-corrected chi connectivity index (χ3v) is 7.03. The van der Waals surface area contributed by atoms with Crippen LogP contribution in [0.15, 0.2) is 59.8 Å². The molecule has 190 valence electrons. The summed E-state index contributed by atoms with van der Waals surface area (Å²) in [5.41, 5.74) is 2.86. The normalized spacial score (nSPS) is 18.7. The molecular formula is C29H30FN5O2. The van der Waals surface area contributed by atoms with Crippen LogP contribution in [0.4, 0.5) is 4.39 Å². The van der Waals surface area contributed by atoms with Gasteiger partial charge in [0.2, 0.25) is 5.78 Å². The molecule has 0 spiro atoms. The maximum Gasteiger partial charge on any atom is 0.251 e. The van der Waals surface area contributed by atoms with Crippen molar-refractivity contribution in [1.82, 2.24) is 24.3 Å². The number of phenolic OH excluding ortho intramolecular Hbond substituents is 1. The largest absolute Gasteiger partial charge is 0.507 e. The van der Waals surface area contributed by atoms with Crippen LogP contribution in [0.2, 0.25) is 0 Å². The maximum absolute atomic E-state index is 15.3. The lowest BCUT2D eigenvalue weighted by Gasteiger charge is -2.41. The zero-order chi connectivity index (χ0) is 26.1. The van der Waals surface area contributed by atoms with Gasteiger partial charge in [0.1, 0.15) is 11.6 Å². The highest BCUT2D eigenvalue weighted by atomic mass is 19.1. The second-order valence-corrected chi connectivity index (χ2v) is 11.5. The zero-order valence-electron chi connectivity index (χ0n) is 21.4. The first-order valence-electron chi connectivity index (χ1n) is 12.6. The summed E-state index contributed by atoms with van der Waals surface area (Å²) in [4.78, 5) is 21.7. The van der Waals surface area contributed by atoms with E-state index < -0.39 is 5.82 Å². The van der Waals surface area contributed by atoms with Crippen molar-refractivity contribution in [2.45, 2.75) is 64.1 Å². The predicted molar refractivity (Wildman–Crippen MR) is 142 cm³/mol. The highest BCUT2D eigenvalue weighted by molar-refractivity contribution is 5.76. The average molecular weight is 500 g/mol. The molecule has 1 aliphatic heterocycles. The van der Waals surface area contributed by atoms with Crippen LogP contribution >= 0.6 is 0 Å². The molecule has 37 heavy (non-hydrogen) atoms. The number of rotatable bonds is 4. The second-order valence-electron chi connectivity index (χ2n) is 11.5. The van der Waals surface area contributed by atoms with Gasteiger partial charge in [0.25, 0.3) is 5.56 Å². The molecule has 0 radical (unpaired) electrons. The van der Waals surface area contributed by atoms with Crippen LogP contribution in [0, 0.1) is 5.82 Å². The van der Waals surface area contributed by atoms with E-state index in [1.165, 1.54) is 18.2 Å². The lowest BCUT2D eigenvalue weighted by Crippen LogP contribution is -2.53. The molecule has 1 saturated carbocycles. The van der Waals surface area contributed by atoms with Gasteiger partial charge in [-0.3, -0.25) is 9.20 Å². The first-order valence-corrected chi connectivity index (χ1v) is 12.6. The molecule has 0 amide bonds. The highest BCUT2D eigenvalue weighted by Crippen LogP contribution is 2.37. The fourth-order valence-corrected chi connectivity index (χ4v) is 5.59. The summed E-state index contributed by atoms with van der Waals surface area (Å²) in [5, 5.41) is 14.4. The van der Waals surface area contributed by atoms with E-state index in [0.717, 1.165) is 30.5 Å². The van der Waals surface area contributed by atoms with Crippen molar-refractivity contribution < 1.29 is 9.50 Å². The standard InChI is InChI=1S/C29H30FN5O2/c1-28(2)14-19(15-29(3,4)33-28)22-8-9-34-16-23(32-27(34)31-22)26-21(30)11-18(12-24(26)36)17-7-10-35(20-5-6-20)25(37)13-17/h7-14,16,20,33,36H,5-6,15H2,1-4H3. The van der Waals surface area contributed by atoms with E-state index in [1.54, 1.807) is 27.4 Å². The van der Waals surface area contributed by atoms with Gasteiger partial charge in [-0.15, -0.1) is 0 Å². The van der Waals surface area contributed by atoms with Gasteiger partial charge in [-0.25, -0.2) is 14.4 Å². The molecule has 0 saturated heterocycles. The Hall–Kier alpha value is -3.78. The fourth-order valence-electron chi connectivity index (χ4n) is 5.59. The Morgan fingerprint density at radius 1 is 1.03 bits per heavy atom. The quantitative estimate of drug-likeness (QED) is 0.396. The van der Waals surface area contributed by atoms with E-state index in [1.807, 2.05) is 12.3 Å². The number of aromatic nitrogens is 4. The van der Waals surface area contributed by atoms with E-state index >= 15 is 4.39 Å². The number of pyridine rings is 1. The molecule has 0 bridgehead atoms. The summed E-state index contributed by atoms with van der Waals surface area (Å²) < 4.78 is 18.8. The van der Waals surface area contributed by atoms with Crippen molar-refractivity contribution in [1.29, 1.82) is 0 Å². The van der Waals surface area contributed by atoms with Crippen LogP contribution in [0.5, 0.6) is 5.75 Å². The van der Waals surface area contributed by atoms with Crippen LogP contribution in [-0.2, 0) is 0 Å². The van der Waals surface area contributed by atoms with Crippen molar-refractivity contribution >= 4 is 11.4 Å². The average Bonchev–Trinajstić information content (AvgIpc) is 3.54. The molecule has 4 heterocycles. The molecule has 3 aromatic heterocycles. The van der Waals surface area contributed by atoms with Crippen molar-refractivity contribution in [2.24, 2.45) is 0 Å². The number of hydrogen-bond acceptors (Lipinski definition) is 5. The van der Waals surface area contributed by atoms with E-state index in [2.05, 4.69) is 44.1 Å². The minimum Gasteiger partial charge on any atom is -0.507 e. The lowest BCUT2D eigenvalue weighted by atomic mass is 9.82. The summed E-state index contributed by atoms with van der Waals surface area (Å²) in [5.74, 6) is -0.432. The van der Waals surface area contributed by atoms with Crippen LogP contribution in [0.3, 0.4) is 0 Å². The molecule has 4 aromatic rings. The maximum atomic E-state index is 15.3. The van der Waals surface area contributed by atoms with Gasteiger partial charge in [-0.2, -0.15) is 0 Å². The molecule has 2 aliphatic rings. The smallest absolute Gasteiger partial charge is 0.251 e. The molecule has 2 N–H and O–H groups in total.